The number of ether oxygens (including phenoxy) is 1. The van der Waals surface area contributed by atoms with E-state index in [0.717, 1.165) is 29.9 Å². The maximum Gasteiger partial charge on any atom is 0.271 e. The number of carbonyl (C=O) groups is 1. The second-order valence-corrected chi connectivity index (χ2v) is 7.57. The SMILES string of the molecule is N#Cc1ccccc1COc1ccc(/C=N\NC(=O)c2ccc(N3CCCC3)cc2)cc1. The van der Waals surface area contributed by atoms with E-state index in [1.54, 1.807) is 12.3 Å². The van der Waals surface area contributed by atoms with E-state index in [-0.39, 0.29) is 5.91 Å². The van der Waals surface area contributed by atoms with Gasteiger partial charge in [-0.25, -0.2) is 5.43 Å². The molecule has 1 heterocycles. The van der Waals surface area contributed by atoms with Crippen molar-refractivity contribution in [2.45, 2.75) is 19.4 Å². The number of anilines is 1. The summed E-state index contributed by atoms with van der Waals surface area (Å²) in [5.74, 6) is 0.447. The minimum absolute atomic E-state index is 0.245. The lowest BCUT2D eigenvalue weighted by molar-refractivity contribution is 0.0955. The maximum absolute atomic E-state index is 12.3. The van der Waals surface area contributed by atoms with E-state index < -0.39 is 0 Å². The standard InChI is InChI=1S/C26H24N4O2/c27-17-22-5-1-2-6-23(22)19-32-25-13-7-20(8-14-25)18-28-29-26(31)21-9-11-24(12-10-21)30-15-3-4-16-30/h1-2,5-14,18H,3-4,15-16,19H2,(H,29,31)/b28-18-. The highest BCUT2D eigenvalue weighted by Gasteiger charge is 2.12. The van der Waals surface area contributed by atoms with Gasteiger partial charge in [-0.2, -0.15) is 10.4 Å². The molecule has 4 rings (SSSR count). The molecule has 0 radical (unpaired) electrons. The fourth-order valence-electron chi connectivity index (χ4n) is 3.60. The van der Waals surface area contributed by atoms with E-state index in [1.807, 2.05) is 66.7 Å². The van der Waals surface area contributed by atoms with Crippen LogP contribution in [-0.2, 0) is 6.61 Å². The number of carbonyl (C=O) groups excluding carboxylic acids is 1. The van der Waals surface area contributed by atoms with Crippen LogP contribution in [0.15, 0.2) is 77.9 Å². The molecule has 0 atom stereocenters. The molecule has 0 aliphatic carbocycles. The molecule has 6 heteroatoms. The number of hydrogen-bond donors (Lipinski definition) is 1. The lowest BCUT2D eigenvalue weighted by atomic mass is 10.1. The van der Waals surface area contributed by atoms with Gasteiger partial charge in [0, 0.05) is 29.9 Å². The average Bonchev–Trinajstić information content (AvgIpc) is 3.39. The fraction of sp³-hybridized carbons (Fsp3) is 0.192. The van der Waals surface area contributed by atoms with Crippen LogP contribution in [0.25, 0.3) is 0 Å². The van der Waals surface area contributed by atoms with E-state index in [4.69, 9.17) is 10.00 Å². The summed E-state index contributed by atoms with van der Waals surface area (Å²) in [5.41, 5.74) is 6.58. The molecule has 3 aromatic rings. The Balaban J connectivity index is 1.28. The van der Waals surface area contributed by atoms with Crippen LogP contribution in [0.3, 0.4) is 0 Å². The number of rotatable bonds is 7. The Morgan fingerprint density at radius 2 is 1.75 bits per heavy atom. The summed E-state index contributed by atoms with van der Waals surface area (Å²) in [6, 6.07) is 24.5. The second-order valence-electron chi connectivity index (χ2n) is 7.57. The van der Waals surface area contributed by atoms with Crippen LogP contribution in [0.1, 0.15) is 39.9 Å². The summed E-state index contributed by atoms with van der Waals surface area (Å²) in [4.78, 5) is 14.6. The van der Waals surface area contributed by atoms with E-state index in [9.17, 15) is 4.79 Å². The van der Waals surface area contributed by atoms with Crippen molar-refractivity contribution in [1.82, 2.24) is 5.43 Å². The molecule has 160 valence electrons. The molecule has 32 heavy (non-hydrogen) atoms. The topological polar surface area (TPSA) is 77.7 Å². The second kappa shape index (κ2) is 10.3. The van der Waals surface area contributed by atoms with Crippen LogP contribution in [0.4, 0.5) is 5.69 Å². The minimum Gasteiger partial charge on any atom is -0.489 e. The van der Waals surface area contributed by atoms with Gasteiger partial charge < -0.3 is 9.64 Å². The third-order valence-corrected chi connectivity index (χ3v) is 5.39. The van der Waals surface area contributed by atoms with Crippen LogP contribution >= 0.6 is 0 Å². The Labute approximate surface area is 187 Å². The first-order valence-electron chi connectivity index (χ1n) is 10.6. The Morgan fingerprint density at radius 1 is 1.03 bits per heavy atom. The Morgan fingerprint density at radius 3 is 2.47 bits per heavy atom. The molecule has 1 aliphatic heterocycles. The molecule has 1 saturated heterocycles. The highest BCUT2D eigenvalue weighted by Crippen LogP contribution is 2.20. The molecule has 1 aliphatic rings. The zero-order chi connectivity index (χ0) is 22.2. The predicted octanol–water partition coefficient (Wildman–Crippen LogP) is 4.50. The minimum atomic E-state index is -0.245. The molecule has 6 nitrogen and oxygen atoms in total. The molecular weight excluding hydrogens is 400 g/mol. The van der Waals surface area contributed by atoms with Crippen molar-refractivity contribution in [1.29, 1.82) is 5.26 Å². The summed E-state index contributed by atoms with van der Waals surface area (Å²) < 4.78 is 5.77. The summed E-state index contributed by atoms with van der Waals surface area (Å²) in [7, 11) is 0. The number of nitrogens with one attached hydrogen (secondary N) is 1. The van der Waals surface area contributed by atoms with Crippen LogP contribution in [0, 0.1) is 11.3 Å². The van der Waals surface area contributed by atoms with Crippen LogP contribution < -0.4 is 15.1 Å². The Kier molecular flexibility index (Phi) is 6.78. The van der Waals surface area contributed by atoms with E-state index in [2.05, 4.69) is 21.5 Å². The molecule has 1 N–H and O–H groups in total. The Bertz CT molecular complexity index is 1130. The lowest BCUT2D eigenvalue weighted by Crippen LogP contribution is -2.19. The number of hydrazone groups is 1. The van der Waals surface area contributed by atoms with Gasteiger partial charge in [0.05, 0.1) is 17.8 Å². The fourth-order valence-corrected chi connectivity index (χ4v) is 3.60. The number of benzene rings is 3. The van der Waals surface area contributed by atoms with Gasteiger partial charge in [-0.1, -0.05) is 18.2 Å². The first-order chi connectivity index (χ1) is 15.7. The van der Waals surface area contributed by atoms with Crippen LogP contribution in [0.5, 0.6) is 5.75 Å². The van der Waals surface area contributed by atoms with Crippen molar-refractivity contribution in [3.05, 3.63) is 95.1 Å². The largest absolute Gasteiger partial charge is 0.489 e. The van der Waals surface area contributed by atoms with E-state index in [1.165, 1.54) is 12.8 Å². The van der Waals surface area contributed by atoms with Crippen molar-refractivity contribution in [2.75, 3.05) is 18.0 Å². The molecular formula is C26H24N4O2. The lowest BCUT2D eigenvalue weighted by Gasteiger charge is -2.17. The first kappa shape index (κ1) is 21.1. The van der Waals surface area contributed by atoms with Gasteiger partial charge in [0.25, 0.3) is 5.91 Å². The number of amides is 1. The highest BCUT2D eigenvalue weighted by atomic mass is 16.5. The van der Waals surface area contributed by atoms with Gasteiger partial charge in [-0.15, -0.1) is 0 Å². The number of nitriles is 1. The predicted molar refractivity (Wildman–Crippen MR) is 125 cm³/mol. The Hall–Kier alpha value is -4.11. The molecule has 0 bridgehead atoms. The van der Waals surface area contributed by atoms with Gasteiger partial charge >= 0.3 is 0 Å². The van der Waals surface area contributed by atoms with Crippen molar-refractivity contribution in [3.63, 3.8) is 0 Å². The molecule has 0 saturated carbocycles. The van der Waals surface area contributed by atoms with Gasteiger partial charge in [-0.3, -0.25) is 4.79 Å². The van der Waals surface area contributed by atoms with Gasteiger partial charge in [0.1, 0.15) is 12.4 Å². The third kappa shape index (κ3) is 5.32. The monoisotopic (exact) mass is 424 g/mol. The zero-order valence-corrected chi connectivity index (χ0v) is 17.7. The van der Waals surface area contributed by atoms with Gasteiger partial charge in [0.2, 0.25) is 0 Å². The molecule has 1 amide bonds. The van der Waals surface area contributed by atoms with Gasteiger partial charge in [-0.05, 0) is 73.0 Å². The van der Waals surface area contributed by atoms with Crippen molar-refractivity contribution in [3.8, 4) is 11.8 Å². The third-order valence-electron chi connectivity index (χ3n) is 5.39. The summed E-state index contributed by atoms with van der Waals surface area (Å²) in [6.07, 6.45) is 4.03. The average molecular weight is 425 g/mol. The van der Waals surface area contributed by atoms with Crippen molar-refractivity contribution >= 4 is 17.8 Å². The van der Waals surface area contributed by atoms with Crippen molar-refractivity contribution < 1.29 is 9.53 Å². The van der Waals surface area contributed by atoms with Gasteiger partial charge in [0.15, 0.2) is 0 Å². The summed E-state index contributed by atoms with van der Waals surface area (Å²) >= 11 is 0. The first-order valence-corrected chi connectivity index (χ1v) is 10.6. The smallest absolute Gasteiger partial charge is 0.271 e. The molecule has 3 aromatic carbocycles. The highest BCUT2D eigenvalue weighted by molar-refractivity contribution is 5.95. The number of nitrogens with zero attached hydrogens (tertiary/aromatic N) is 3. The molecule has 0 spiro atoms. The van der Waals surface area contributed by atoms with Crippen molar-refractivity contribution in [2.24, 2.45) is 5.10 Å². The van der Waals surface area contributed by atoms with Crippen LogP contribution in [-0.4, -0.2) is 25.2 Å². The number of hydrogen-bond acceptors (Lipinski definition) is 5. The zero-order valence-electron chi connectivity index (χ0n) is 17.7. The molecule has 1 fully saturated rings. The summed E-state index contributed by atoms with van der Waals surface area (Å²) in [5, 5.41) is 13.2. The van der Waals surface area contributed by atoms with Crippen LogP contribution in [0.2, 0.25) is 0 Å². The van der Waals surface area contributed by atoms with E-state index >= 15 is 0 Å². The molecule has 0 unspecified atom stereocenters. The van der Waals surface area contributed by atoms with E-state index in [0.29, 0.717) is 23.5 Å². The summed E-state index contributed by atoms with van der Waals surface area (Å²) in [6.45, 7) is 2.48. The molecule has 0 aromatic heterocycles. The quantitative estimate of drug-likeness (QED) is 0.447. The maximum atomic E-state index is 12.3. The normalized spacial score (nSPS) is 13.2.